The van der Waals surface area contributed by atoms with Crippen molar-refractivity contribution in [1.82, 2.24) is 4.90 Å². The van der Waals surface area contributed by atoms with Gasteiger partial charge in [0, 0.05) is 13.1 Å². The highest BCUT2D eigenvalue weighted by Gasteiger charge is 2.26. The second kappa shape index (κ2) is 7.99. The SMILES string of the molecule is CC(C)c1ccc(OCCC(=O)N2CCC[C@H](C(N)=O)C2)cc1. The molecule has 1 heterocycles. The molecule has 0 aliphatic carbocycles. The molecule has 2 amide bonds. The number of benzene rings is 1. The normalized spacial score (nSPS) is 18.0. The molecule has 1 aliphatic heterocycles. The Morgan fingerprint density at radius 2 is 2.00 bits per heavy atom. The van der Waals surface area contributed by atoms with Crippen molar-refractivity contribution < 1.29 is 14.3 Å². The van der Waals surface area contributed by atoms with Crippen molar-refractivity contribution in [3.05, 3.63) is 29.8 Å². The summed E-state index contributed by atoms with van der Waals surface area (Å²) in [7, 11) is 0. The Morgan fingerprint density at radius 3 is 2.61 bits per heavy atom. The van der Waals surface area contributed by atoms with Crippen LogP contribution in [0.3, 0.4) is 0 Å². The summed E-state index contributed by atoms with van der Waals surface area (Å²) >= 11 is 0. The quantitative estimate of drug-likeness (QED) is 0.874. The third-order valence-corrected chi connectivity index (χ3v) is 4.31. The van der Waals surface area contributed by atoms with Gasteiger partial charge in [-0.15, -0.1) is 0 Å². The number of carbonyl (C=O) groups is 2. The Bertz CT molecular complexity index is 540. The van der Waals surface area contributed by atoms with Gasteiger partial charge in [-0.3, -0.25) is 9.59 Å². The monoisotopic (exact) mass is 318 g/mol. The molecule has 23 heavy (non-hydrogen) atoms. The minimum atomic E-state index is -0.316. The van der Waals surface area contributed by atoms with Crippen molar-refractivity contribution in [2.24, 2.45) is 11.7 Å². The van der Waals surface area contributed by atoms with Crippen LogP contribution in [0.15, 0.2) is 24.3 Å². The van der Waals surface area contributed by atoms with Gasteiger partial charge in [-0.1, -0.05) is 26.0 Å². The van der Waals surface area contributed by atoms with Gasteiger partial charge in [-0.25, -0.2) is 0 Å². The van der Waals surface area contributed by atoms with Gasteiger partial charge in [0.05, 0.1) is 18.9 Å². The zero-order chi connectivity index (χ0) is 16.8. The van der Waals surface area contributed by atoms with E-state index in [9.17, 15) is 9.59 Å². The van der Waals surface area contributed by atoms with Crippen LogP contribution in [0.1, 0.15) is 44.6 Å². The molecule has 1 saturated heterocycles. The predicted octanol–water partition coefficient (Wildman–Crippen LogP) is 2.30. The van der Waals surface area contributed by atoms with Crippen molar-refractivity contribution in [3.8, 4) is 5.75 Å². The highest BCUT2D eigenvalue weighted by atomic mass is 16.5. The average molecular weight is 318 g/mol. The lowest BCUT2D eigenvalue weighted by molar-refractivity contribution is -0.135. The number of hydrogen-bond acceptors (Lipinski definition) is 3. The summed E-state index contributed by atoms with van der Waals surface area (Å²) in [6.45, 7) is 5.78. The standard InChI is InChI=1S/C18H26N2O3/c1-13(2)14-5-7-16(8-6-14)23-11-9-17(21)20-10-3-4-15(12-20)18(19)22/h5-8,13,15H,3-4,9-12H2,1-2H3,(H2,19,22)/t15-/m0/s1. The number of amides is 2. The Balaban J connectivity index is 1.77. The van der Waals surface area contributed by atoms with Crippen LogP contribution in [0.2, 0.25) is 0 Å². The molecule has 0 spiro atoms. The number of carbonyl (C=O) groups excluding carboxylic acids is 2. The molecule has 126 valence electrons. The zero-order valence-corrected chi connectivity index (χ0v) is 14.0. The molecule has 0 unspecified atom stereocenters. The van der Waals surface area contributed by atoms with Crippen molar-refractivity contribution in [1.29, 1.82) is 0 Å². The molecule has 2 N–H and O–H groups in total. The maximum atomic E-state index is 12.2. The first-order valence-corrected chi connectivity index (χ1v) is 8.27. The molecule has 1 aliphatic rings. The third kappa shape index (κ3) is 4.98. The molecular formula is C18H26N2O3. The highest BCUT2D eigenvalue weighted by Crippen LogP contribution is 2.19. The van der Waals surface area contributed by atoms with Crippen LogP contribution in [-0.4, -0.2) is 36.4 Å². The van der Waals surface area contributed by atoms with Gasteiger partial charge < -0.3 is 15.4 Å². The molecule has 0 bridgehead atoms. The summed E-state index contributed by atoms with van der Waals surface area (Å²) in [5.74, 6) is 0.759. The lowest BCUT2D eigenvalue weighted by Crippen LogP contribution is -2.44. The largest absolute Gasteiger partial charge is 0.493 e. The van der Waals surface area contributed by atoms with Crippen LogP contribution in [0.5, 0.6) is 5.75 Å². The van der Waals surface area contributed by atoms with Gasteiger partial charge >= 0.3 is 0 Å². The maximum Gasteiger partial charge on any atom is 0.226 e. The molecular weight excluding hydrogens is 292 g/mol. The number of piperidine rings is 1. The Kier molecular flexibility index (Phi) is 6.02. The molecule has 1 aromatic carbocycles. The molecule has 1 fully saturated rings. The Morgan fingerprint density at radius 1 is 1.30 bits per heavy atom. The van der Waals surface area contributed by atoms with Crippen molar-refractivity contribution in [3.63, 3.8) is 0 Å². The number of nitrogens with zero attached hydrogens (tertiary/aromatic N) is 1. The van der Waals surface area contributed by atoms with Gasteiger partial charge in [0.2, 0.25) is 11.8 Å². The van der Waals surface area contributed by atoms with Gasteiger partial charge in [0.15, 0.2) is 0 Å². The molecule has 0 saturated carbocycles. The van der Waals surface area contributed by atoms with E-state index in [4.69, 9.17) is 10.5 Å². The summed E-state index contributed by atoms with van der Waals surface area (Å²) in [5, 5.41) is 0. The van der Waals surface area contributed by atoms with E-state index in [2.05, 4.69) is 13.8 Å². The number of ether oxygens (including phenoxy) is 1. The molecule has 2 rings (SSSR count). The molecule has 5 heteroatoms. The van der Waals surface area contributed by atoms with Crippen LogP contribution in [0.25, 0.3) is 0 Å². The molecule has 0 aromatic heterocycles. The first-order valence-electron chi connectivity index (χ1n) is 8.27. The summed E-state index contributed by atoms with van der Waals surface area (Å²) in [6, 6.07) is 7.96. The second-order valence-electron chi connectivity index (χ2n) is 6.40. The van der Waals surface area contributed by atoms with E-state index in [0.717, 1.165) is 18.6 Å². The fourth-order valence-corrected chi connectivity index (χ4v) is 2.80. The lowest BCUT2D eigenvalue weighted by atomic mass is 9.97. The first-order chi connectivity index (χ1) is 11.0. The van der Waals surface area contributed by atoms with E-state index >= 15 is 0 Å². The van der Waals surface area contributed by atoms with Gasteiger partial charge in [-0.2, -0.15) is 0 Å². The van der Waals surface area contributed by atoms with Crippen molar-refractivity contribution >= 4 is 11.8 Å². The van der Waals surface area contributed by atoms with E-state index in [-0.39, 0.29) is 17.7 Å². The first kappa shape index (κ1) is 17.3. The van der Waals surface area contributed by atoms with Crippen molar-refractivity contribution in [2.75, 3.05) is 19.7 Å². The van der Waals surface area contributed by atoms with E-state index in [0.29, 0.717) is 32.0 Å². The summed E-state index contributed by atoms with van der Waals surface area (Å²) in [6.07, 6.45) is 1.92. The minimum Gasteiger partial charge on any atom is -0.493 e. The summed E-state index contributed by atoms with van der Waals surface area (Å²) < 4.78 is 5.64. The lowest BCUT2D eigenvalue weighted by Gasteiger charge is -2.31. The molecule has 1 aromatic rings. The minimum absolute atomic E-state index is 0.0229. The van der Waals surface area contributed by atoms with Gasteiger partial charge in [-0.05, 0) is 36.5 Å². The van der Waals surface area contributed by atoms with Crippen LogP contribution in [-0.2, 0) is 9.59 Å². The number of hydrogen-bond donors (Lipinski definition) is 1. The fourth-order valence-electron chi connectivity index (χ4n) is 2.80. The zero-order valence-electron chi connectivity index (χ0n) is 14.0. The van der Waals surface area contributed by atoms with Gasteiger partial charge in [0.25, 0.3) is 0 Å². The van der Waals surface area contributed by atoms with Gasteiger partial charge in [0.1, 0.15) is 5.75 Å². The molecule has 1 atom stereocenters. The average Bonchev–Trinajstić information content (AvgIpc) is 2.55. The summed E-state index contributed by atoms with van der Waals surface area (Å²) in [5.41, 5.74) is 6.60. The molecule has 5 nitrogen and oxygen atoms in total. The predicted molar refractivity (Wildman–Crippen MR) is 89.1 cm³/mol. The number of primary amides is 1. The van der Waals surface area contributed by atoms with E-state index < -0.39 is 0 Å². The fraction of sp³-hybridized carbons (Fsp3) is 0.556. The second-order valence-corrected chi connectivity index (χ2v) is 6.40. The maximum absolute atomic E-state index is 12.2. The van der Waals surface area contributed by atoms with Crippen LogP contribution in [0.4, 0.5) is 0 Å². The van der Waals surface area contributed by atoms with Crippen LogP contribution < -0.4 is 10.5 Å². The number of nitrogens with two attached hydrogens (primary N) is 1. The number of rotatable bonds is 6. The Labute approximate surface area is 137 Å². The smallest absolute Gasteiger partial charge is 0.226 e. The van der Waals surface area contributed by atoms with E-state index in [1.54, 1.807) is 4.90 Å². The van der Waals surface area contributed by atoms with E-state index in [1.165, 1.54) is 5.56 Å². The van der Waals surface area contributed by atoms with Crippen LogP contribution >= 0.6 is 0 Å². The topological polar surface area (TPSA) is 72.6 Å². The van der Waals surface area contributed by atoms with Crippen molar-refractivity contribution in [2.45, 2.75) is 39.0 Å². The number of likely N-dealkylation sites (tertiary alicyclic amines) is 1. The molecule has 0 radical (unpaired) electrons. The van der Waals surface area contributed by atoms with Crippen LogP contribution in [0, 0.1) is 5.92 Å². The van der Waals surface area contributed by atoms with E-state index in [1.807, 2.05) is 24.3 Å². The summed E-state index contributed by atoms with van der Waals surface area (Å²) in [4.78, 5) is 25.2. The third-order valence-electron chi connectivity index (χ3n) is 4.31. The highest BCUT2D eigenvalue weighted by molar-refractivity contribution is 5.80. The Hall–Kier alpha value is -2.04.